The van der Waals surface area contributed by atoms with E-state index in [1.165, 1.54) is 3.57 Å². The lowest BCUT2D eigenvalue weighted by atomic mass is 10.1. The lowest BCUT2D eigenvalue weighted by molar-refractivity contribution is 0.302. The number of rotatable bonds is 5. The van der Waals surface area contributed by atoms with Crippen LogP contribution < -0.4 is 10.5 Å². The van der Waals surface area contributed by atoms with Crippen molar-refractivity contribution >= 4 is 34.2 Å². The van der Waals surface area contributed by atoms with Gasteiger partial charge in [-0.3, -0.25) is 0 Å². The third kappa shape index (κ3) is 4.65. The Hall–Kier alpha value is -0.780. The van der Waals surface area contributed by atoms with Crippen LogP contribution in [-0.2, 0) is 13.0 Å². The van der Waals surface area contributed by atoms with Crippen molar-refractivity contribution in [2.75, 3.05) is 0 Å². The highest BCUT2D eigenvalue weighted by molar-refractivity contribution is 14.1. The molecule has 20 heavy (non-hydrogen) atoms. The van der Waals surface area contributed by atoms with Crippen molar-refractivity contribution < 1.29 is 4.74 Å². The van der Waals surface area contributed by atoms with Gasteiger partial charge in [-0.15, -0.1) is 0 Å². The maximum absolute atomic E-state index is 6.04. The highest BCUT2D eigenvalue weighted by Crippen LogP contribution is 2.25. The van der Waals surface area contributed by atoms with Crippen LogP contribution in [0.4, 0.5) is 0 Å². The molecular formula is C16H17ClINO. The second-order valence-electron chi connectivity index (χ2n) is 4.85. The van der Waals surface area contributed by atoms with Gasteiger partial charge in [0.05, 0.1) is 0 Å². The van der Waals surface area contributed by atoms with Crippen LogP contribution >= 0.6 is 34.2 Å². The molecular weight excluding hydrogens is 385 g/mol. The van der Waals surface area contributed by atoms with E-state index < -0.39 is 0 Å². The smallest absolute Gasteiger partial charge is 0.123 e. The highest BCUT2D eigenvalue weighted by Gasteiger charge is 2.07. The SMILES string of the molecule is CC(N)Cc1cc(Cl)ccc1OCc1ccc(I)cc1. The minimum Gasteiger partial charge on any atom is -0.489 e. The first-order chi connectivity index (χ1) is 9.54. The van der Waals surface area contributed by atoms with Crippen molar-refractivity contribution in [1.29, 1.82) is 0 Å². The summed E-state index contributed by atoms with van der Waals surface area (Å²) < 4.78 is 7.12. The molecule has 0 bridgehead atoms. The van der Waals surface area contributed by atoms with Crippen molar-refractivity contribution in [1.82, 2.24) is 0 Å². The zero-order valence-corrected chi connectivity index (χ0v) is 14.2. The molecule has 0 aliphatic carbocycles. The summed E-state index contributed by atoms with van der Waals surface area (Å²) in [5.74, 6) is 0.852. The van der Waals surface area contributed by atoms with Crippen LogP contribution in [-0.4, -0.2) is 6.04 Å². The molecule has 0 spiro atoms. The molecule has 0 aromatic heterocycles. The second kappa shape index (κ2) is 7.29. The lowest BCUT2D eigenvalue weighted by Crippen LogP contribution is -2.18. The van der Waals surface area contributed by atoms with Crippen LogP contribution in [0, 0.1) is 3.57 Å². The molecule has 0 amide bonds. The minimum atomic E-state index is 0.0779. The van der Waals surface area contributed by atoms with Gasteiger partial charge >= 0.3 is 0 Å². The van der Waals surface area contributed by atoms with Crippen molar-refractivity contribution in [3.8, 4) is 5.75 Å². The molecule has 0 radical (unpaired) electrons. The Morgan fingerprint density at radius 3 is 2.55 bits per heavy atom. The Bertz CT molecular complexity index is 569. The van der Waals surface area contributed by atoms with Crippen LogP contribution in [0.5, 0.6) is 5.75 Å². The van der Waals surface area contributed by atoms with Crippen molar-refractivity contribution in [2.24, 2.45) is 5.73 Å². The molecule has 106 valence electrons. The van der Waals surface area contributed by atoms with Gasteiger partial charge in [0.1, 0.15) is 12.4 Å². The molecule has 4 heteroatoms. The van der Waals surface area contributed by atoms with E-state index >= 15 is 0 Å². The Morgan fingerprint density at radius 1 is 1.20 bits per heavy atom. The molecule has 0 fully saturated rings. The van der Waals surface area contributed by atoms with Gasteiger partial charge in [0.2, 0.25) is 0 Å². The fourth-order valence-corrected chi connectivity index (χ4v) is 2.49. The van der Waals surface area contributed by atoms with E-state index in [1.54, 1.807) is 0 Å². The molecule has 0 aliphatic heterocycles. The number of hydrogen-bond acceptors (Lipinski definition) is 2. The largest absolute Gasteiger partial charge is 0.489 e. The summed E-state index contributed by atoms with van der Waals surface area (Å²) >= 11 is 8.33. The van der Waals surface area contributed by atoms with Crippen LogP contribution in [0.1, 0.15) is 18.1 Å². The standard InChI is InChI=1S/C16H17ClINO/c1-11(19)8-13-9-14(17)4-7-16(13)20-10-12-2-5-15(18)6-3-12/h2-7,9,11H,8,10,19H2,1H3. The van der Waals surface area contributed by atoms with Crippen LogP contribution in [0.3, 0.4) is 0 Å². The first-order valence-corrected chi connectivity index (χ1v) is 7.91. The van der Waals surface area contributed by atoms with E-state index in [-0.39, 0.29) is 6.04 Å². The summed E-state index contributed by atoms with van der Waals surface area (Å²) in [5.41, 5.74) is 8.07. The minimum absolute atomic E-state index is 0.0779. The quantitative estimate of drug-likeness (QED) is 0.753. The molecule has 0 saturated carbocycles. The van der Waals surface area contributed by atoms with Gasteiger partial charge in [0, 0.05) is 14.6 Å². The Morgan fingerprint density at radius 2 is 1.90 bits per heavy atom. The summed E-state index contributed by atoms with van der Waals surface area (Å²) in [7, 11) is 0. The van der Waals surface area contributed by atoms with Crippen LogP contribution in [0.15, 0.2) is 42.5 Å². The van der Waals surface area contributed by atoms with E-state index in [1.807, 2.05) is 25.1 Å². The molecule has 2 N–H and O–H groups in total. The van der Waals surface area contributed by atoms with Gasteiger partial charge in [-0.05, 0) is 77.4 Å². The molecule has 0 aliphatic rings. The van der Waals surface area contributed by atoms with E-state index in [0.29, 0.717) is 11.6 Å². The maximum atomic E-state index is 6.04. The topological polar surface area (TPSA) is 35.2 Å². The molecule has 2 aromatic carbocycles. The fourth-order valence-electron chi connectivity index (χ4n) is 1.94. The van der Waals surface area contributed by atoms with Crippen molar-refractivity contribution in [3.05, 3.63) is 62.2 Å². The Balaban J connectivity index is 2.10. The van der Waals surface area contributed by atoms with Gasteiger partial charge in [-0.2, -0.15) is 0 Å². The summed E-state index contributed by atoms with van der Waals surface area (Å²) in [6, 6.07) is 14.0. The average Bonchev–Trinajstić information content (AvgIpc) is 2.39. The maximum Gasteiger partial charge on any atom is 0.123 e. The zero-order valence-electron chi connectivity index (χ0n) is 11.3. The normalized spacial score (nSPS) is 12.2. The van der Waals surface area contributed by atoms with Crippen LogP contribution in [0.25, 0.3) is 0 Å². The number of halogens is 2. The number of nitrogens with two attached hydrogens (primary N) is 1. The summed E-state index contributed by atoms with van der Waals surface area (Å²) in [4.78, 5) is 0. The third-order valence-corrected chi connectivity index (χ3v) is 3.83. The lowest BCUT2D eigenvalue weighted by Gasteiger charge is -2.13. The van der Waals surface area contributed by atoms with E-state index in [9.17, 15) is 0 Å². The van der Waals surface area contributed by atoms with Gasteiger partial charge in [0.25, 0.3) is 0 Å². The number of benzene rings is 2. The van der Waals surface area contributed by atoms with Gasteiger partial charge in [-0.25, -0.2) is 0 Å². The molecule has 0 heterocycles. The Labute approximate surface area is 138 Å². The molecule has 2 nitrogen and oxygen atoms in total. The van der Waals surface area contributed by atoms with Gasteiger partial charge in [0.15, 0.2) is 0 Å². The fraction of sp³-hybridized carbons (Fsp3) is 0.250. The van der Waals surface area contributed by atoms with Gasteiger partial charge < -0.3 is 10.5 Å². The summed E-state index contributed by atoms with van der Waals surface area (Å²) in [6.45, 7) is 2.52. The highest BCUT2D eigenvalue weighted by atomic mass is 127. The molecule has 1 unspecified atom stereocenters. The van der Waals surface area contributed by atoms with Crippen LogP contribution in [0.2, 0.25) is 5.02 Å². The molecule has 1 atom stereocenters. The van der Waals surface area contributed by atoms with E-state index in [4.69, 9.17) is 22.1 Å². The second-order valence-corrected chi connectivity index (χ2v) is 6.53. The molecule has 2 aromatic rings. The number of ether oxygens (including phenoxy) is 1. The zero-order chi connectivity index (χ0) is 14.5. The number of hydrogen-bond donors (Lipinski definition) is 1. The van der Waals surface area contributed by atoms with Gasteiger partial charge in [-0.1, -0.05) is 23.7 Å². The molecule has 2 rings (SSSR count). The first kappa shape index (κ1) is 15.6. The van der Waals surface area contributed by atoms with E-state index in [0.717, 1.165) is 23.3 Å². The predicted octanol–water partition coefficient (Wildman–Crippen LogP) is 4.41. The predicted molar refractivity (Wildman–Crippen MR) is 92.3 cm³/mol. The van der Waals surface area contributed by atoms with E-state index in [2.05, 4.69) is 46.9 Å². The van der Waals surface area contributed by atoms with Crippen molar-refractivity contribution in [2.45, 2.75) is 26.0 Å². The molecule has 0 saturated heterocycles. The summed E-state index contributed by atoms with van der Waals surface area (Å²) in [5, 5.41) is 0.710. The average molecular weight is 402 g/mol. The van der Waals surface area contributed by atoms with Crippen molar-refractivity contribution in [3.63, 3.8) is 0 Å². The third-order valence-electron chi connectivity index (χ3n) is 2.87. The first-order valence-electron chi connectivity index (χ1n) is 6.46. The monoisotopic (exact) mass is 401 g/mol. The summed E-state index contributed by atoms with van der Waals surface area (Å²) in [6.07, 6.45) is 0.753. The Kier molecular flexibility index (Phi) is 5.69.